The van der Waals surface area contributed by atoms with Crippen LogP contribution in [0.2, 0.25) is 0 Å². The molecule has 0 radical (unpaired) electrons. The van der Waals surface area contributed by atoms with E-state index in [-0.39, 0.29) is 16.1 Å². The fourth-order valence-corrected chi connectivity index (χ4v) is 4.24. The Balaban J connectivity index is 4.43. The number of hydrogen-bond acceptors (Lipinski definition) is 4. The van der Waals surface area contributed by atoms with Crippen LogP contribution in [0.15, 0.2) is 11.0 Å². The molecular formula is C18H29NO5S. The Morgan fingerprint density at radius 3 is 1.52 bits per heavy atom. The fourth-order valence-electron chi connectivity index (χ4n) is 2.94. The SMILES string of the molecule is CC(C)(C)c1cc(C(C)(C)C)c(S(=O)(=O)O)c(C(C)(C)C)c1[N+](=O)[O-]. The summed E-state index contributed by atoms with van der Waals surface area (Å²) in [6.45, 7) is 16.1. The van der Waals surface area contributed by atoms with Crippen molar-refractivity contribution in [2.75, 3.05) is 0 Å². The van der Waals surface area contributed by atoms with Crippen LogP contribution < -0.4 is 0 Å². The molecule has 0 saturated carbocycles. The minimum atomic E-state index is -4.65. The zero-order chi connectivity index (χ0) is 20.2. The van der Waals surface area contributed by atoms with Crippen LogP contribution in [-0.2, 0) is 26.4 Å². The second-order valence-electron chi connectivity index (χ2n) is 9.51. The third-order valence-electron chi connectivity index (χ3n) is 4.06. The van der Waals surface area contributed by atoms with E-state index in [0.717, 1.165) is 0 Å². The maximum absolute atomic E-state index is 12.2. The van der Waals surface area contributed by atoms with Gasteiger partial charge >= 0.3 is 0 Å². The lowest BCUT2D eigenvalue weighted by atomic mass is 9.74. The fraction of sp³-hybridized carbons (Fsp3) is 0.667. The first-order chi connectivity index (χ1) is 10.8. The minimum Gasteiger partial charge on any atom is -0.282 e. The van der Waals surface area contributed by atoms with Gasteiger partial charge in [-0.1, -0.05) is 62.3 Å². The quantitative estimate of drug-likeness (QED) is 0.460. The third-order valence-corrected chi connectivity index (χ3v) is 5.00. The Hall–Kier alpha value is -1.47. The van der Waals surface area contributed by atoms with Crippen LogP contribution in [0.25, 0.3) is 0 Å². The summed E-state index contributed by atoms with van der Waals surface area (Å²) in [6, 6.07) is 1.57. The van der Waals surface area contributed by atoms with Gasteiger partial charge in [-0.25, -0.2) is 0 Å². The smallest absolute Gasteiger partial charge is 0.282 e. The Kier molecular flexibility index (Phi) is 5.22. The molecule has 0 aliphatic carbocycles. The van der Waals surface area contributed by atoms with E-state index >= 15 is 0 Å². The lowest BCUT2D eigenvalue weighted by Crippen LogP contribution is -2.28. The molecular weight excluding hydrogens is 342 g/mol. The van der Waals surface area contributed by atoms with Gasteiger partial charge in [-0.05, 0) is 27.9 Å². The van der Waals surface area contributed by atoms with Gasteiger partial charge in [-0.2, -0.15) is 8.42 Å². The first-order valence-electron chi connectivity index (χ1n) is 8.14. The number of nitro groups is 1. The zero-order valence-corrected chi connectivity index (χ0v) is 17.3. The monoisotopic (exact) mass is 371 g/mol. The van der Waals surface area contributed by atoms with Crippen LogP contribution in [0, 0.1) is 10.1 Å². The van der Waals surface area contributed by atoms with Crippen molar-refractivity contribution in [1.82, 2.24) is 0 Å². The molecule has 1 rings (SSSR count). The summed E-state index contributed by atoms with van der Waals surface area (Å²) < 4.78 is 34.4. The molecule has 0 bridgehead atoms. The molecule has 0 aliphatic rings. The highest BCUT2D eigenvalue weighted by Crippen LogP contribution is 2.47. The number of nitro benzene ring substituents is 1. The summed E-state index contributed by atoms with van der Waals surface area (Å²) >= 11 is 0. The minimum absolute atomic E-state index is 0.0531. The molecule has 0 heterocycles. The Labute approximate surface area is 150 Å². The average Bonchev–Trinajstić information content (AvgIpc) is 2.31. The van der Waals surface area contributed by atoms with E-state index in [1.807, 2.05) is 41.5 Å². The molecule has 25 heavy (non-hydrogen) atoms. The second kappa shape index (κ2) is 6.06. The van der Waals surface area contributed by atoms with Crippen LogP contribution in [0.3, 0.4) is 0 Å². The Bertz CT molecular complexity index is 804. The second-order valence-corrected chi connectivity index (χ2v) is 10.9. The van der Waals surface area contributed by atoms with Crippen molar-refractivity contribution in [1.29, 1.82) is 0 Å². The number of nitrogens with zero attached hydrogens (tertiary/aromatic N) is 1. The molecule has 0 atom stereocenters. The molecule has 1 N–H and O–H groups in total. The maximum atomic E-state index is 12.2. The van der Waals surface area contributed by atoms with Gasteiger partial charge in [0, 0.05) is 5.56 Å². The molecule has 0 aromatic heterocycles. The van der Waals surface area contributed by atoms with Gasteiger partial charge in [0.1, 0.15) is 4.90 Å². The average molecular weight is 371 g/mol. The summed E-state index contributed by atoms with van der Waals surface area (Å²) in [6.07, 6.45) is 0. The van der Waals surface area contributed by atoms with E-state index in [1.54, 1.807) is 26.8 Å². The lowest BCUT2D eigenvalue weighted by molar-refractivity contribution is -0.387. The van der Waals surface area contributed by atoms with Crippen LogP contribution in [0.5, 0.6) is 0 Å². The van der Waals surface area contributed by atoms with Crippen molar-refractivity contribution >= 4 is 15.8 Å². The number of benzene rings is 1. The topological polar surface area (TPSA) is 97.5 Å². The van der Waals surface area contributed by atoms with Gasteiger partial charge in [0.05, 0.1) is 10.5 Å². The van der Waals surface area contributed by atoms with E-state index in [2.05, 4.69) is 0 Å². The molecule has 6 nitrogen and oxygen atoms in total. The molecule has 0 saturated heterocycles. The molecule has 0 fully saturated rings. The van der Waals surface area contributed by atoms with Crippen molar-refractivity contribution in [3.63, 3.8) is 0 Å². The normalized spacial score (nSPS) is 13.8. The molecule has 0 unspecified atom stereocenters. The van der Waals surface area contributed by atoms with Crippen molar-refractivity contribution in [2.24, 2.45) is 0 Å². The van der Waals surface area contributed by atoms with Gasteiger partial charge in [-0.15, -0.1) is 0 Å². The summed E-state index contributed by atoms with van der Waals surface area (Å²) in [5.74, 6) is 0. The van der Waals surface area contributed by atoms with Gasteiger partial charge < -0.3 is 0 Å². The highest BCUT2D eigenvalue weighted by Gasteiger charge is 2.42. The summed E-state index contributed by atoms with van der Waals surface area (Å²) in [5.41, 5.74) is -1.39. The Morgan fingerprint density at radius 1 is 0.880 bits per heavy atom. The lowest BCUT2D eigenvalue weighted by Gasteiger charge is -2.32. The van der Waals surface area contributed by atoms with Gasteiger partial charge in [-0.3, -0.25) is 14.7 Å². The molecule has 7 heteroatoms. The molecule has 142 valence electrons. The van der Waals surface area contributed by atoms with Crippen LogP contribution >= 0.6 is 0 Å². The highest BCUT2D eigenvalue weighted by molar-refractivity contribution is 7.86. The maximum Gasteiger partial charge on any atom is 0.295 e. The summed E-state index contributed by atoms with van der Waals surface area (Å²) in [7, 11) is -4.65. The molecule has 1 aromatic carbocycles. The predicted molar refractivity (Wildman–Crippen MR) is 99.0 cm³/mol. The van der Waals surface area contributed by atoms with E-state index in [9.17, 15) is 23.1 Å². The van der Waals surface area contributed by atoms with Crippen LogP contribution in [-0.4, -0.2) is 17.9 Å². The molecule has 1 aromatic rings. The molecule has 0 amide bonds. The van der Waals surface area contributed by atoms with Crippen molar-refractivity contribution in [3.8, 4) is 0 Å². The van der Waals surface area contributed by atoms with Crippen LogP contribution in [0.1, 0.15) is 79.0 Å². The van der Waals surface area contributed by atoms with E-state index in [4.69, 9.17) is 0 Å². The summed E-state index contributed by atoms with van der Waals surface area (Å²) in [4.78, 5) is 11.0. The largest absolute Gasteiger partial charge is 0.295 e. The zero-order valence-electron chi connectivity index (χ0n) is 16.5. The summed E-state index contributed by atoms with van der Waals surface area (Å²) in [5, 5.41) is 11.9. The first kappa shape index (κ1) is 21.6. The van der Waals surface area contributed by atoms with Crippen molar-refractivity contribution in [3.05, 3.63) is 32.9 Å². The first-order valence-corrected chi connectivity index (χ1v) is 9.58. The number of hydrogen-bond donors (Lipinski definition) is 1. The predicted octanol–water partition coefficient (Wildman–Crippen LogP) is 4.73. The molecule has 0 spiro atoms. The molecule has 0 aliphatic heterocycles. The van der Waals surface area contributed by atoms with Crippen molar-refractivity contribution < 1.29 is 17.9 Å². The van der Waals surface area contributed by atoms with E-state index in [0.29, 0.717) is 11.1 Å². The van der Waals surface area contributed by atoms with Crippen LogP contribution in [0.4, 0.5) is 5.69 Å². The van der Waals surface area contributed by atoms with Gasteiger partial charge in [0.15, 0.2) is 0 Å². The standard InChI is InChI=1S/C18H29NO5S/c1-16(2,3)11-10-12(17(4,5)6)15(25(22,23)24)13(18(7,8)9)14(11)19(20)21/h10H,1-9H3,(H,22,23,24). The number of rotatable bonds is 2. The van der Waals surface area contributed by atoms with Gasteiger partial charge in [0.25, 0.3) is 15.8 Å². The van der Waals surface area contributed by atoms with Crippen molar-refractivity contribution in [2.45, 2.75) is 83.5 Å². The van der Waals surface area contributed by atoms with E-state index < -0.39 is 31.3 Å². The highest BCUT2D eigenvalue weighted by atomic mass is 32.2. The third kappa shape index (κ3) is 4.39. The van der Waals surface area contributed by atoms with Gasteiger partial charge in [0.2, 0.25) is 0 Å². The Morgan fingerprint density at radius 2 is 1.28 bits per heavy atom. The van der Waals surface area contributed by atoms with E-state index in [1.165, 1.54) is 0 Å².